The molecule has 0 unspecified atom stereocenters. The Bertz CT molecular complexity index is 62.9. The minimum atomic E-state index is 0.611. The van der Waals surface area contributed by atoms with Crippen molar-refractivity contribution < 1.29 is 0 Å². The van der Waals surface area contributed by atoms with Gasteiger partial charge < -0.3 is 0 Å². The standard InChI is InChI=1S/C10H22N/c1-5-9(6-2)11-10(7-3)8-4/h9-10H,5-8H2,1-4H3. The van der Waals surface area contributed by atoms with Crippen LogP contribution in [-0.4, -0.2) is 12.1 Å². The van der Waals surface area contributed by atoms with E-state index in [-0.39, 0.29) is 0 Å². The summed E-state index contributed by atoms with van der Waals surface area (Å²) in [7, 11) is 0. The van der Waals surface area contributed by atoms with Crippen molar-refractivity contribution in [3.05, 3.63) is 0 Å². The maximum absolute atomic E-state index is 4.75. The zero-order valence-electron chi connectivity index (χ0n) is 8.43. The molecule has 0 aliphatic carbocycles. The van der Waals surface area contributed by atoms with Crippen LogP contribution in [0.1, 0.15) is 53.4 Å². The highest BCUT2D eigenvalue weighted by Crippen LogP contribution is 2.05. The van der Waals surface area contributed by atoms with Crippen LogP contribution in [0.4, 0.5) is 0 Å². The summed E-state index contributed by atoms with van der Waals surface area (Å²) in [5.74, 6) is 0. The minimum absolute atomic E-state index is 0.611. The second-order valence-electron chi connectivity index (χ2n) is 3.09. The van der Waals surface area contributed by atoms with E-state index in [1.807, 2.05) is 0 Å². The van der Waals surface area contributed by atoms with Crippen molar-refractivity contribution in [1.29, 1.82) is 0 Å². The van der Waals surface area contributed by atoms with E-state index in [1.54, 1.807) is 0 Å². The van der Waals surface area contributed by atoms with Gasteiger partial charge in [-0.15, -0.1) is 0 Å². The van der Waals surface area contributed by atoms with Crippen molar-refractivity contribution in [2.24, 2.45) is 0 Å². The molecule has 0 aromatic heterocycles. The summed E-state index contributed by atoms with van der Waals surface area (Å²) in [4.78, 5) is 0. The summed E-state index contributed by atoms with van der Waals surface area (Å²) in [5, 5.41) is 4.75. The van der Waals surface area contributed by atoms with Gasteiger partial charge in [-0.25, -0.2) is 5.32 Å². The van der Waals surface area contributed by atoms with Crippen molar-refractivity contribution in [2.45, 2.75) is 65.5 Å². The Hall–Kier alpha value is -0.0400. The Morgan fingerprint density at radius 1 is 0.727 bits per heavy atom. The summed E-state index contributed by atoms with van der Waals surface area (Å²) < 4.78 is 0. The summed E-state index contributed by atoms with van der Waals surface area (Å²) in [6.07, 6.45) is 4.81. The molecule has 0 amide bonds. The third-order valence-corrected chi connectivity index (χ3v) is 2.31. The molecule has 0 bridgehead atoms. The first kappa shape index (κ1) is 11.0. The maximum Gasteiger partial charge on any atom is 0.0244 e. The molecule has 0 N–H and O–H groups in total. The zero-order chi connectivity index (χ0) is 8.69. The van der Waals surface area contributed by atoms with E-state index in [0.717, 1.165) is 0 Å². The normalized spacial score (nSPS) is 11.5. The van der Waals surface area contributed by atoms with Gasteiger partial charge in [-0.2, -0.15) is 0 Å². The Kier molecular flexibility index (Phi) is 6.63. The lowest BCUT2D eigenvalue weighted by molar-refractivity contribution is 0.381. The van der Waals surface area contributed by atoms with Crippen LogP contribution in [-0.2, 0) is 0 Å². The number of rotatable bonds is 6. The van der Waals surface area contributed by atoms with Crippen LogP contribution >= 0.6 is 0 Å². The van der Waals surface area contributed by atoms with E-state index in [9.17, 15) is 0 Å². The van der Waals surface area contributed by atoms with E-state index in [2.05, 4.69) is 27.7 Å². The highest BCUT2D eigenvalue weighted by Gasteiger charge is 2.09. The fraction of sp³-hybridized carbons (Fsp3) is 1.00. The molecule has 0 fully saturated rings. The predicted octanol–water partition coefficient (Wildman–Crippen LogP) is 2.97. The molecule has 0 aromatic rings. The highest BCUT2D eigenvalue weighted by molar-refractivity contribution is 4.69. The van der Waals surface area contributed by atoms with Crippen LogP contribution in [0.15, 0.2) is 0 Å². The van der Waals surface area contributed by atoms with Gasteiger partial charge in [0.2, 0.25) is 0 Å². The molecule has 0 spiro atoms. The van der Waals surface area contributed by atoms with E-state index in [0.29, 0.717) is 12.1 Å². The second kappa shape index (κ2) is 6.66. The Balaban J connectivity index is 3.58. The summed E-state index contributed by atoms with van der Waals surface area (Å²) in [6.45, 7) is 8.89. The van der Waals surface area contributed by atoms with E-state index in [1.165, 1.54) is 25.7 Å². The van der Waals surface area contributed by atoms with Gasteiger partial charge in [0, 0.05) is 12.1 Å². The van der Waals surface area contributed by atoms with Crippen LogP contribution in [0.25, 0.3) is 0 Å². The monoisotopic (exact) mass is 156 g/mol. The van der Waals surface area contributed by atoms with Crippen LogP contribution in [0.2, 0.25) is 0 Å². The molecule has 1 nitrogen and oxygen atoms in total. The zero-order valence-corrected chi connectivity index (χ0v) is 8.43. The van der Waals surface area contributed by atoms with Crippen molar-refractivity contribution >= 4 is 0 Å². The molecule has 0 atom stereocenters. The van der Waals surface area contributed by atoms with Crippen molar-refractivity contribution in [2.75, 3.05) is 0 Å². The van der Waals surface area contributed by atoms with E-state index >= 15 is 0 Å². The lowest BCUT2D eigenvalue weighted by Gasteiger charge is -2.19. The molecule has 0 aromatic carbocycles. The van der Waals surface area contributed by atoms with Gasteiger partial charge in [0.25, 0.3) is 0 Å². The maximum atomic E-state index is 4.75. The fourth-order valence-corrected chi connectivity index (χ4v) is 1.30. The fourth-order valence-electron chi connectivity index (χ4n) is 1.30. The van der Waals surface area contributed by atoms with Gasteiger partial charge in [-0.3, -0.25) is 0 Å². The number of nitrogens with zero attached hydrogens (tertiary/aromatic N) is 1. The van der Waals surface area contributed by atoms with E-state index < -0.39 is 0 Å². The largest absolute Gasteiger partial charge is 0.235 e. The number of hydrogen-bond acceptors (Lipinski definition) is 0. The van der Waals surface area contributed by atoms with Gasteiger partial charge in [-0.1, -0.05) is 27.7 Å². The third kappa shape index (κ3) is 4.41. The first-order valence-electron chi connectivity index (χ1n) is 4.98. The molecule has 1 heteroatoms. The van der Waals surface area contributed by atoms with Crippen molar-refractivity contribution in [3.8, 4) is 0 Å². The van der Waals surface area contributed by atoms with Crippen LogP contribution in [0.3, 0.4) is 0 Å². The van der Waals surface area contributed by atoms with Crippen molar-refractivity contribution in [1.82, 2.24) is 5.32 Å². The Morgan fingerprint density at radius 2 is 1.00 bits per heavy atom. The average Bonchev–Trinajstić information content (AvgIpc) is 2.07. The van der Waals surface area contributed by atoms with Gasteiger partial charge in [0.05, 0.1) is 0 Å². The molecule has 0 rings (SSSR count). The lowest BCUT2D eigenvalue weighted by Crippen LogP contribution is -2.29. The third-order valence-electron chi connectivity index (χ3n) is 2.31. The van der Waals surface area contributed by atoms with Crippen LogP contribution in [0, 0.1) is 0 Å². The van der Waals surface area contributed by atoms with Gasteiger partial charge in [0.15, 0.2) is 0 Å². The topological polar surface area (TPSA) is 14.1 Å². The second-order valence-corrected chi connectivity index (χ2v) is 3.09. The smallest absolute Gasteiger partial charge is 0.0244 e. The minimum Gasteiger partial charge on any atom is -0.235 e. The molecule has 0 aliphatic heterocycles. The molecular formula is C10H22N. The molecule has 1 radical (unpaired) electrons. The lowest BCUT2D eigenvalue weighted by atomic mass is 10.1. The first-order valence-corrected chi connectivity index (χ1v) is 4.98. The summed E-state index contributed by atoms with van der Waals surface area (Å²) >= 11 is 0. The molecule has 11 heavy (non-hydrogen) atoms. The van der Waals surface area contributed by atoms with E-state index in [4.69, 9.17) is 5.32 Å². The van der Waals surface area contributed by atoms with Crippen molar-refractivity contribution in [3.63, 3.8) is 0 Å². The molecule has 0 saturated heterocycles. The molecule has 67 valence electrons. The Labute approximate surface area is 71.6 Å². The van der Waals surface area contributed by atoms with Gasteiger partial charge in [-0.05, 0) is 25.7 Å². The van der Waals surface area contributed by atoms with Gasteiger partial charge in [0.1, 0.15) is 0 Å². The molecule has 0 saturated carbocycles. The summed E-state index contributed by atoms with van der Waals surface area (Å²) in [5.41, 5.74) is 0. The average molecular weight is 156 g/mol. The quantitative estimate of drug-likeness (QED) is 0.561. The van der Waals surface area contributed by atoms with Crippen LogP contribution < -0.4 is 5.32 Å². The predicted molar refractivity (Wildman–Crippen MR) is 50.9 cm³/mol. The van der Waals surface area contributed by atoms with Gasteiger partial charge >= 0.3 is 0 Å². The Morgan fingerprint density at radius 3 is 1.18 bits per heavy atom. The molecule has 0 aliphatic rings. The number of hydrogen-bond donors (Lipinski definition) is 0. The summed E-state index contributed by atoms with van der Waals surface area (Å²) in [6, 6.07) is 1.22. The first-order chi connectivity index (χ1) is 5.28. The van der Waals surface area contributed by atoms with Crippen LogP contribution in [0.5, 0.6) is 0 Å². The molecular weight excluding hydrogens is 134 g/mol. The molecule has 0 heterocycles. The SMILES string of the molecule is CCC(CC)[N]C(CC)CC. The highest BCUT2D eigenvalue weighted by atomic mass is 14.9.